The summed E-state index contributed by atoms with van der Waals surface area (Å²) in [5.74, 6) is 0.451. The van der Waals surface area contributed by atoms with Gasteiger partial charge in [-0.05, 0) is 19.1 Å². The smallest absolute Gasteiger partial charge is 0.236 e. The number of carbonyl (C=O) groups is 1. The first-order chi connectivity index (χ1) is 7.04. The average molecular weight is 209 g/mol. The van der Waals surface area contributed by atoms with Crippen LogP contribution in [0.1, 0.15) is 6.92 Å². The predicted octanol–water partition coefficient (Wildman–Crippen LogP) is -0.442. The number of pyridine rings is 1. The highest BCUT2D eigenvalue weighted by Crippen LogP contribution is 2.17. The Hall–Kier alpha value is -1.98. The zero-order valence-corrected chi connectivity index (χ0v) is 8.60. The minimum absolute atomic E-state index is 0.118. The minimum atomic E-state index is -0.408. The van der Waals surface area contributed by atoms with Gasteiger partial charge in [0.1, 0.15) is 11.6 Å². The van der Waals surface area contributed by atoms with Gasteiger partial charge in [-0.2, -0.15) is 0 Å². The fourth-order valence-electron chi connectivity index (χ4n) is 1.19. The van der Waals surface area contributed by atoms with Gasteiger partial charge in [0.2, 0.25) is 5.91 Å². The third-order valence-electron chi connectivity index (χ3n) is 2.00. The molecule has 0 aliphatic carbocycles. The van der Waals surface area contributed by atoms with Crippen molar-refractivity contribution >= 4 is 23.2 Å². The first-order valence-corrected chi connectivity index (χ1v) is 4.59. The molecular formula is C9H15N5O. The van der Waals surface area contributed by atoms with Crippen LogP contribution in [0.4, 0.5) is 17.3 Å². The van der Waals surface area contributed by atoms with Crippen LogP contribution < -0.4 is 22.1 Å². The molecule has 1 heterocycles. The second-order valence-electron chi connectivity index (χ2n) is 3.12. The first kappa shape index (κ1) is 11.1. The van der Waals surface area contributed by atoms with E-state index in [2.05, 4.69) is 4.98 Å². The predicted molar refractivity (Wildman–Crippen MR) is 60.1 cm³/mol. The molecule has 15 heavy (non-hydrogen) atoms. The Morgan fingerprint density at radius 1 is 1.47 bits per heavy atom. The number of anilines is 3. The molecule has 82 valence electrons. The number of likely N-dealkylation sites (N-methyl/N-ethyl adjacent to an activating group) is 1. The summed E-state index contributed by atoms with van der Waals surface area (Å²) in [4.78, 5) is 16.6. The number of hydrogen-bond acceptors (Lipinski definition) is 5. The Labute approximate surface area is 88.1 Å². The van der Waals surface area contributed by atoms with Crippen molar-refractivity contribution in [1.29, 1.82) is 0 Å². The minimum Gasteiger partial charge on any atom is -0.396 e. The Kier molecular flexibility index (Phi) is 3.33. The van der Waals surface area contributed by atoms with E-state index in [0.717, 1.165) is 0 Å². The number of carbonyl (C=O) groups excluding carboxylic acids is 1. The maximum atomic E-state index is 10.8. The third kappa shape index (κ3) is 2.73. The van der Waals surface area contributed by atoms with Crippen LogP contribution in [0, 0.1) is 0 Å². The Bertz CT molecular complexity index is 366. The Morgan fingerprint density at radius 2 is 2.13 bits per heavy atom. The van der Waals surface area contributed by atoms with E-state index >= 15 is 0 Å². The van der Waals surface area contributed by atoms with E-state index in [-0.39, 0.29) is 12.4 Å². The molecule has 0 unspecified atom stereocenters. The SMILES string of the molecule is CCN(CC(N)=O)c1ccc(N)c(N)n1. The van der Waals surface area contributed by atoms with Gasteiger partial charge in [0.05, 0.1) is 12.2 Å². The number of hydrogen-bond donors (Lipinski definition) is 3. The van der Waals surface area contributed by atoms with Gasteiger partial charge < -0.3 is 22.1 Å². The second kappa shape index (κ2) is 4.50. The van der Waals surface area contributed by atoms with Crippen molar-refractivity contribution in [3.05, 3.63) is 12.1 Å². The average Bonchev–Trinajstić information content (AvgIpc) is 2.18. The van der Waals surface area contributed by atoms with Crippen molar-refractivity contribution < 1.29 is 4.79 Å². The highest BCUT2D eigenvalue weighted by molar-refractivity contribution is 5.79. The molecule has 6 nitrogen and oxygen atoms in total. The third-order valence-corrected chi connectivity index (χ3v) is 2.00. The monoisotopic (exact) mass is 209 g/mol. The maximum absolute atomic E-state index is 10.8. The fraction of sp³-hybridized carbons (Fsp3) is 0.333. The first-order valence-electron chi connectivity index (χ1n) is 4.59. The van der Waals surface area contributed by atoms with Crippen LogP contribution >= 0.6 is 0 Å². The van der Waals surface area contributed by atoms with Crippen molar-refractivity contribution in [2.24, 2.45) is 5.73 Å². The van der Waals surface area contributed by atoms with Gasteiger partial charge >= 0.3 is 0 Å². The highest BCUT2D eigenvalue weighted by atomic mass is 16.1. The molecule has 0 saturated heterocycles. The quantitative estimate of drug-likeness (QED) is 0.622. The lowest BCUT2D eigenvalue weighted by atomic mass is 10.3. The number of rotatable bonds is 4. The molecule has 0 bridgehead atoms. The zero-order chi connectivity index (χ0) is 11.4. The van der Waals surface area contributed by atoms with Gasteiger partial charge in [-0.25, -0.2) is 4.98 Å². The van der Waals surface area contributed by atoms with Crippen LogP contribution in [-0.2, 0) is 4.79 Å². The standard InChI is InChI=1S/C9H15N5O/c1-2-14(5-7(11)15)8-4-3-6(10)9(12)13-8/h3-4H,2,5,10H2,1H3,(H2,11,15)(H2,12,13). The summed E-state index contributed by atoms with van der Waals surface area (Å²) in [7, 11) is 0. The van der Waals surface area contributed by atoms with Crippen molar-refractivity contribution in [2.45, 2.75) is 6.92 Å². The Balaban J connectivity index is 2.92. The molecule has 6 N–H and O–H groups in total. The molecule has 1 rings (SSSR count). The molecule has 0 aliphatic heterocycles. The number of nitrogen functional groups attached to an aromatic ring is 2. The maximum Gasteiger partial charge on any atom is 0.236 e. The molecule has 0 fully saturated rings. The van der Waals surface area contributed by atoms with Gasteiger partial charge in [-0.15, -0.1) is 0 Å². The molecule has 0 atom stereocenters. The fourth-order valence-corrected chi connectivity index (χ4v) is 1.19. The van der Waals surface area contributed by atoms with E-state index in [0.29, 0.717) is 18.1 Å². The van der Waals surface area contributed by atoms with Gasteiger partial charge in [-0.1, -0.05) is 0 Å². The van der Waals surface area contributed by atoms with Crippen LogP contribution in [0.5, 0.6) is 0 Å². The van der Waals surface area contributed by atoms with Gasteiger partial charge in [-0.3, -0.25) is 4.79 Å². The lowest BCUT2D eigenvalue weighted by Crippen LogP contribution is -2.34. The largest absolute Gasteiger partial charge is 0.396 e. The van der Waals surface area contributed by atoms with Crippen LogP contribution in [0.2, 0.25) is 0 Å². The summed E-state index contributed by atoms with van der Waals surface area (Å²) in [6, 6.07) is 3.36. The van der Waals surface area contributed by atoms with Crippen molar-refractivity contribution in [3.63, 3.8) is 0 Å². The van der Waals surface area contributed by atoms with E-state index in [1.807, 2.05) is 6.92 Å². The number of primary amides is 1. The van der Waals surface area contributed by atoms with Gasteiger partial charge in [0.25, 0.3) is 0 Å². The number of amides is 1. The molecule has 0 saturated carbocycles. The number of nitrogens with zero attached hydrogens (tertiary/aromatic N) is 2. The zero-order valence-electron chi connectivity index (χ0n) is 8.60. The van der Waals surface area contributed by atoms with Crippen molar-refractivity contribution in [2.75, 3.05) is 29.5 Å². The Morgan fingerprint density at radius 3 is 2.60 bits per heavy atom. The van der Waals surface area contributed by atoms with E-state index in [9.17, 15) is 4.79 Å². The summed E-state index contributed by atoms with van der Waals surface area (Å²) in [5, 5.41) is 0. The van der Waals surface area contributed by atoms with Crippen molar-refractivity contribution in [3.8, 4) is 0 Å². The van der Waals surface area contributed by atoms with Gasteiger partial charge in [0.15, 0.2) is 0 Å². The van der Waals surface area contributed by atoms with E-state index < -0.39 is 5.91 Å². The molecule has 1 aromatic heterocycles. The molecule has 1 aromatic rings. The molecular weight excluding hydrogens is 194 g/mol. The molecule has 6 heteroatoms. The van der Waals surface area contributed by atoms with E-state index in [1.54, 1.807) is 17.0 Å². The molecule has 0 spiro atoms. The van der Waals surface area contributed by atoms with Crippen LogP contribution in [0.3, 0.4) is 0 Å². The second-order valence-corrected chi connectivity index (χ2v) is 3.12. The van der Waals surface area contributed by atoms with Crippen LogP contribution in [0.25, 0.3) is 0 Å². The molecule has 0 radical (unpaired) electrons. The molecule has 0 aliphatic rings. The highest BCUT2D eigenvalue weighted by Gasteiger charge is 2.09. The number of nitrogens with two attached hydrogens (primary N) is 3. The summed E-state index contributed by atoms with van der Waals surface area (Å²) >= 11 is 0. The van der Waals surface area contributed by atoms with Crippen LogP contribution in [0.15, 0.2) is 12.1 Å². The van der Waals surface area contributed by atoms with Crippen LogP contribution in [-0.4, -0.2) is 24.0 Å². The van der Waals surface area contributed by atoms with E-state index in [1.165, 1.54) is 0 Å². The van der Waals surface area contributed by atoms with Gasteiger partial charge in [0, 0.05) is 6.54 Å². The summed E-state index contributed by atoms with van der Waals surface area (Å²) in [6.07, 6.45) is 0. The normalized spacial score (nSPS) is 9.93. The number of aromatic nitrogens is 1. The summed E-state index contributed by atoms with van der Waals surface area (Å²) < 4.78 is 0. The summed E-state index contributed by atoms with van der Waals surface area (Å²) in [5.41, 5.74) is 16.6. The van der Waals surface area contributed by atoms with Crippen molar-refractivity contribution in [1.82, 2.24) is 4.98 Å². The molecule has 1 amide bonds. The lowest BCUT2D eigenvalue weighted by Gasteiger charge is -2.20. The summed E-state index contributed by atoms with van der Waals surface area (Å²) in [6.45, 7) is 2.64. The topological polar surface area (TPSA) is 111 Å². The molecule has 0 aromatic carbocycles. The lowest BCUT2D eigenvalue weighted by molar-refractivity contribution is -0.116. The van der Waals surface area contributed by atoms with E-state index in [4.69, 9.17) is 17.2 Å².